The number of benzene rings is 1. The Morgan fingerprint density at radius 1 is 1.25 bits per heavy atom. The number of piperidine rings is 1. The molecule has 2 aromatic rings. The lowest BCUT2D eigenvalue weighted by molar-refractivity contribution is -0.132. The van der Waals surface area contributed by atoms with Gasteiger partial charge in [0.25, 0.3) is 0 Å². The maximum atomic E-state index is 12.5. The standard InChI is InChI=1S/C21H27N3O2S2/c1-3-17-6-4-5-11-24(17)20(26)14-27-13-19(25)23-21-22-18(12-28-21)16-9-7-15(2)8-10-16/h7-10,12,17H,3-6,11,13-14H2,1-2H3,(H,22,23,25)/t17-/m1/s1. The third-order valence-electron chi connectivity index (χ3n) is 4.98. The quantitative estimate of drug-likeness (QED) is 0.716. The van der Waals surface area contributed by atoms with Crippen molar-refractivity contribution in [1.82, 2.24) is 9.88 Å². The molecular formula is C21H27N3O2S2. The molecule has 0 spiro atoms. The van der Waals surface area contributed by atoms with Gasteiger partial charge in [0.1, 0.15) is 0 Å². The second kappa shape index (κ2) is 10.1. The number of likely N-dealkylation sites (tertiary alicyclic amines) is 1. The van der Waals surface area contributed by atoms with E-state index in [0.717, 1.165) is 37.1 Å². The molecule has 3 rings (SSSR count). The van der Waals surface area contributed by atoms with Crippen LogP contribution in [0.15, 0.2) is 29.6 Å². The number of anilines is 1. The van der Waals surface area contributed by atoms with Crippen molar-refractivity contribution in [3.63, 3.8) is 0 Å². The highest BCUT2D eigenvalue weighted by Gasteiger charge is 2.25. The minimum atomic E-state index is -0.117. The van der Waals surface area contributed by atoms with Crippen LogP contribution in [0.5, 0.6) is 0 Å². The Bertz CT molecular complexity index is 804. The van der Waals surface area contributed by atoms with Crippen LogP contribution in [0.3, 0.4) is 0 Å². The molecule has 0 aliphatic carbocycles. The molecule has 1 saturated heterocycles. The lowest BCUT2D eigenvalue weighted by Crippen LogP contribution is -2.44. The van der Waals surface area contributed by atoms with E-state index in [0.29, 0.717) is 16.9 Å². The fourth-order valence-corrected chi connectivity index (χ4v) is 4.85. The number of hydrogen-bond donors (Lipinski definition) is 1. The van der Waals surface area contributed by atoms with Crippen molar-refractivity contribution in [2.75, 3.05) is 23.4 Å². The summed E-state index contributed by atoms with van der Waals surface area (Å²) in [5, 5.41) is 5.37. The van der Waals surface area contributed by atoms with E-state index < -0.39 is 0 Å². The molecular weight excluding hydrogens is 390 g/mol. The largest absolute Gasteiger partial charge is 0.339 e. The van der Waals surface area contributed by atoms with Gasteiger partial charge in [-0.3, -0.25) is 9.59 Å². The van der Waals surface area contributed by atoms with E-state index in [4.69, 9.17) is 0 Å². The Morgan fingerprint density at radius 3 is 2.79 bits per heavy atom. The minimum absolute atomic E-state index is 0.117. The number of aromatic nitrogens is 1. The molecule has 150 valence electrons. The average Bonchev–Trinajstić information content (AvgIpc) is 3.16. The number of aryl methyl sites for hydroxylation is 1. The molecule has 0 unspecified atom stereocenters. The van der Waals surface area contributed by atoms with Crippen LogP contribution in [0.25, 0.3) is 11.3 Å². The molecule has 7 heteroatoms. The summed E-state index contributed by atoms with van der Waals surface area (Å²) in [4.78, 5) is 31.1. The first-order valence-corrected chi connectivity index (χ1v) is 11.8. The van der Waals surface area contributed by atoms with Crippen LogP contribution in [0.1, 0.15) is 38.2 Å². The van der Waals surface area contributed by atoms with Gasteiger partial charge in [-0.1, -0.05) is 36.8 Å². The highest BCUT2D eigenvalue weighted by Crippen LogP contribution is 2.25. The molecule has 5 nitrogen and oxygen atoms in total. The summed E-state index contributed by atoms with van der Waals surface area (Å²) in [5.74, 6) is 0.653. The zero-order chi connectivity index (χ0) is 19.9. The summed E-state index contributed by atoms with van der Waals surface area (Å²) >= 11 is 2.79. The van der Waals surface area contributed by atoms with Crippen LogP contribution >= 0.6 is 23.1 Å². The summed E-state index contributed by atoms with van der Waals surface area (Å²) in [5.41, 5.74) is 3.10. The van der Waals surface area contributed by atoms with Gasteiger partial charge in [0, 0.05) is 23.5 Å². The average molecular weight is 418 g/mol. The highest BCUT2D eigenvalue weighted by atomic mass is 32.2. The van der Waals surface area contributed by atoms with Crippen LogP contribution in [-0.2, 0) is 9.59 Å². The molecule has 0 radical (unpaired) electrons. The molecule has 1 aromatic carbocycles. The number of thiazole rings is 1. The molecule has 0 bridgehead atoms. The lowest BCUT2D eigenvalue weighted by Gasteiger charge is -2.35. The second-order valence-corrected chi connectivity index (χ2v) is 8.93. The van der Waals surface area contributed by atoms with Gasteiger partial charge in [-0.2, -0.15) is 0 Å². The molecule has 1 aliphatic heterocycles. The third kappa shape index (κ3) is 5.58. The maximum Gasteiger partial charge on any atom is 0.236 e. The zero-order valence-electron chi connectivity index (χ0n) is 16.4. The van der Waals surface area contributed by atoms with Crippen LogP contribution in [0.4, 0.5) is 5.13 Å². The topological polar surface area (TPSA) is 62.3 Å². The fraction of sp³-hybridized carbons (Fsp3) is 0.476. The fourth-order valence-electron chi connectivity index (χ4n) is 3.41. The zero-order valence-corrected chi connectivity index (χ0v) is 18.1. The van der Waals surface area contributed by atoms with E-state index >= 15 is 0 Å². The molecule has 1 N–H and O–H groups in total. The number of thioether (sulfide) groups is 1. The number of carbonyl (C=O) groups excluding carboxylic acids is 2. The predicted molar refractivity (Wildman–Crippen MR) is 118 cm³/mol. The molecule has 1 aromatic heterocycles. The Morgan fingerprint density at radius 2 is 2.04 bits per heavy atom. The molecule has 1 atom stereocenters. The van der Waals surface area contributed by atoms with Gasteiger partial charge in [-0.15, -0.1) is 23.1 Å². The number of carbonyl (C=O) groups is 2. The number of amides is 2. The van der Waals surface area contributed by atoms with Crippen LogP contribution < -0.4 is 5.32 Å². The molecule has 0 saturated carbocycles. The van der Waals surface area contributed by atoms with E-state index in [1.807, 2.05) is 41.5 Å². The minimum Gasteiger partial charge on any atom is -0.339 e. The van der Waals surface area contributed by atoms with Crippen molar-refractivity contribution >= 4 is 40.0 Å². The molecule has 2 amide bonds. The summed E-state index contributed by atoms with van der Waals surface area (Å²) in [6, 6.07) is 8.52. The van der Waals surface area contributed by atoms with E-state index in [-0.39, 0.29) is 17.6 Å². The first kappa shape index (κ1) is 20.9. The van der Waals surface area contributed by atoms with Crippen molar-refractivity contribution in [2.24, 2.45) is 0 Å². The highest BCUT2D eigenvalue weighted by molar-refractivity contribution is 8.00. The summed E-state index contributed by atoms with van der Waals surface area (Å²) in [6.07, 6.45) is 4.39. The number of nitrogens with one attached hydrogen (secondary N) is 1. The van der Waals surface area contributed by atoms with Crippen LogP contribution in [0, 0.1) is 6.92 Å². The van der Waals surface area contributed by atoms with Crippen LogP contribution in [0.2, 0.25) is 0 Å². The predicted octanol–water partition coefficient (Wildman–Crippen LogP) is 4.58. The van der Waals surface area contributed by atoms with Gasteiger partial charge in [0.05, 0.1) is 17.2 Å². The van der Waals surface area contributed by atoms with E-state index in [2.05, 4.69) is 17.2 Å². The third-order valence-corrected chi connectivity index (χ3v) is 6.65. The van der Waals surface area contributed by atoms with Gasteiger partial charge < -0.3 is 10.2 Å². The second-order valence-electron chi connectivity index (χ2n) is 7.09. The van der Waals surface area contributed by atoms with Gasteiger partial charge in [0.2, 0.25) is 11.8 Å². The summed E-state index contributed by atoms with van der Waals surface area (Å²) in [6.45, 7) is 5.04. The Labute approximate surface area is 174 Å². The first-order valence-electron chi connectivity index (χ1n) is 9.76. The Kier molecular flexibility index (Phi) is 7.50. The van der Waals surface area contributed by atoms with E-state index in [1.165, 1.54) is 35.1 Å². The van der Waals surface area contributed by atoms with Gasteiger partial charge in [-0.25, -0.2) is 4.98 Å². The van der Waals surface area contributed by atoms with Crippen molar-refractivity contribution < 1.29 is 9.59 Å². The molecule has 2 heterocycles. The van der Waals surface area contributed by atoms with E-state index in [1.54, 1.807) is 0 Å². The summed E-state index contributed by atoms with van der Waals surface area (Å²) < 4.78 is 0. The van der Waals surface area contributed by atoms with Crippen molar-refractivity contribution in [3.8, 4) is 11.3 Å². The van der Waals surface area contributed by atoms with Crippen molar-refractivity contribution in [1.29, 1.82) is 0 Å². The molecule has 1 aliphatic rings. The number of rotatable bonds is 7. The summed E-state index contributed by atoms with van der Waals surface area (Å²) in [7, 11) is 0. The SMILES string of the molecule is CC[C@@H]1CCCCN1C(=O)CSCC(=O)Nc1nc(-c2ccc(C)cc2)cs1. The Balaban J connectivity index is 1.44. The van der Waals surface area contributed by atoms with Gasteiger partial charge >= 0.3 is 0 Å². The van der Waals surface area contributed by atoms with Gasteiger partial charge in [0.15, 0.2) is 5.13 Å². The van der Waals surface area contributed by atoms with E-state index in [9.17, 15) is 9.59 Å². The van der Waals surface area contributed by atoms with Gasteiger partial charge in [-0.05, 0) is 32.6 Å². The Hall–Kier alpha value is -1.86. The van der Waals surface area contributed by atoms with Crippen LogP contribution in [-0.4, -0.2) is 45.8 Å². The molecule has 1 fully saturated rings. The normalized spacial score (nSPS) is 16.8. The molecule has 28 heavy (non-hydrogen) atoms. The maximum absolute atomic E-state index is 12.5. The monoisotopic (exact) mass is 417 g/mol. The first-order chi connectivity index (χ1) is 13.6. The van der Waals surface area contributed by atoms with Crippen molar-refractivity contribution in [3.05, 3.63) is 35.2 Å². The smallest absolute Gasteiger partial charge is 0.236 e. The lowest BCUT2D eigenvalue weighted by atomic mass is 10.0. The number of nitrogens with zero attached hydrogens (tertiary/aromatic N) is 2. The number of hydrogen-bond acceptors (Lipinski definition) is 5. The van der Waals surface area contributed by atoms with Crippen molar-refractivity contribution in [2.45, 2.75) is 45.6 Å².